The second-order valence-electron chi connectivity index (χ2n) is 5.19. The van der Waals surface area contributed by atoms with E-state index < -0.39 is 17.8 Å². The van der Waals surface area contributed by atoms with Crippen LogP contribution in [-0.2, 0) is 14.3 Å². The van der Waals surface area contributed by atoms with Crippen LogP contribution in [0.25, 0.3) is 0 Å². The Hall–Kier alpha value is -3.42. The predicted octanol–water partition coefficient (Wildman–Crippen LogP) is 2.45. The topological polar surface area (TPSA) is 93.7 Å². The van der Waals surface area contributed by atoms with Crippen LogP contribution in [-0.4, -0.2) is 38.6 Å². The Morgan fingerprint density at radius 3 is 1.92 bits per heavy atom. The van der Waals surface area contributed by atoms with Crippen molar-refractivity contribution in [3.63, 3.8) is 0 Å². The maximum atomic E-state index is 12.9. The van der Waals surface area contributed by atoms with Gasteiger partial charge in [-0.2, -0.15) is 0 Å². The van der Waals surface area contributed by atoms with Crippen LogP contribution in [0.5, 0.6) is 0 Å². The first kappa shape index (κ1) is 18.9. The van der Waals surface area contributed by atoms with Crippen LogP contribution >= 0.6 is 0 Å². The minimum Gasteiger partial charge on any atom is -0.465 e. The molecular formula is C18H17FN2O5. The molecule has 2 aromatic carbocycles. The molecule has 2 rings (SSSR count). The fourth-order valence-corrected chi connectivity index (χ4v) is 2.13. The van der Waals surface area contributed by atoms with Crippen molar-refractivity contribution in [1.29, 1.82) is 0 Å². The summed E-state index contributed by atoms with van der Waals surface area (Å²) < 4.78 is 22.1. The van der Waals surface area contributed by atoms with Gasteiger partial charge in [-0.3, -0.25) is 4.79 Å². The Kier molecular flexibility index (Phi) is 6.26. The second kappa shape index (κ2) is 8.61. The van der Waals surface area contributed by atoms with Gasteiger partial charge in [0.1, 0.15) is 5.82 Å². The van der Waals surface area contributed by atoms with Gasteiger partial charge in [-0.25, -0.2) is 14.0 Å². The number of esters is 2. The summed E-state index contributed by atoms with van der Waals surface area (Å²) >= 11 is 0. The number of methoxy groups -OCH3 is 2. The minimum absolute atomic E-state index is 0.0946. The first-order chi connectivity index (χ1) is 12.4. The summed E-state index contributed by atoms with van der Waals surface area (Å²) in [5.41, 5.74) is 0.994. The van der Waals surface area contributed by atoms with Crippen molar-refractivity contribution >= 4 is 29.2 Å². The smallest absolute Gasteiger partial charge is 0.337 e. The van der Waals surface area contributed by atoms with Crippen LogP contribution in [0.3, 0.4) is 0 Å². The van der Waals surface area contributed by atoms with Gasteiger partial charge in [0.25, 0.3) is 0 Å². The molecule has 7 nitrogen and oxygen atoms in total. The minimum atomic E-state index is -0.657. The number of carbonyl (C=O) groups excluding carboxylic acids is 3. The number of anilines is 2. The number of halogens is 1. The van der Waals surface area contributed by atoms with Crippen LogP contribution in [0.15, 0.2) is 42.5 Å². The van der Waals surface area contributed by atoms with Gasteiger partial charge in [0.05, 0.1) is 31.9 Å². The highest BCUT2D eigenvalue weighted by Crippen LogP contribution is 2.17. The van der Waals surface area contributed by atoms with Crippen molar-refractivity contribution in [2.75, 3.05) is 31.4 Å². The lowest BCUT2D eigenvalue weighted by molar-refractivity contribution is -0.114. The molecule has 136 valence electrons. The zero-order valence-corrected chi connectivity index (χ0v) is 14.2. The van der Waals surface area contributed by atoms with Gasteiger partial charge in [-0.1, -0.05) is 0 Å². The van der Waals surface area contributed by atoms with Crippen molar-refractivity contribution in [3.8, 4) is 0 Å². The van der Waals surface area contributed by atoms with Crippen LogP contribution < -0.4 is 10.6 Å². The number of hydrogen-bond acceptors (Lipinski definition) is 6. The van der Waals surface area contributed by atoms with Gasteiger partial charge in [0.2, 0.25) is 5.91 Å². The summed E-state index contributed by atoms with van der Waals surface area (Å²) in [6, 6.07) is 9.60. The van der Waals surface area contributed by atoms with Crippen molar-refractivity contribution in [2.45, 2.75) is 0 Å². The Balaban J connectivity index is 2.11. The standard InChI is InChI=1S/C18H17FN2O5/c1-25-17(23)11-7-12(18(24)26-2)9-15(8-11)21-16(22)10-20-14-5-3-13(19)4-6-14/h3-9,20H,10H2,1-2H3,(H,21,22). The second-order valence-corrected chi connectivity index (χ2v) is 5.19. The average Bonchev–Trinajstić information content (AvgIpc) is 2.65. The first-order valence-electron chi connectivity index (χ1n) is 7.54. The summed E-state index contributed by atoms with van der Waals surface area (Å²) in [6.45, 7) is -0.0956. The third-order valence-electron chi connectivity index (χ3n) is 3.36. The molecule has 0 saturated heterocycles. The van der Waals surface area contributed by atoms with Crippen molar-refractivity contribution in [1.82, 2.24) is 0 Å². The van der Waals surface area contributed by atoms with Gasteiger partial charge in [0.15, 0.2) is 0 Å². The fraction of sp³-hybridized carbons (Fsp3) is 0.167. The number of rotatable bonds is 6. The van der Waals surface area contributed by atoms with Crippen LogP contribution in [0.2, 0.25) is 0 Å². The molecule has 8 heteroatoms. The highest BCUT2D eigenvalue weighted by molar-refractivity contribution is 6.00. The number of benzene rings is 2. The van der Waals surface area contributed by atoms with Crippen molar-refractivity contribution in [3.05, 3.63) is 59.4 Å². The maximum Gasteiger partial charge on any atom is 0.337 e. The summed E-state index contributed by atoms with van der Waals surface area (Å²) in [5.74, 6) is -2.12. The van der Waals surface area contributed by atoms with Crippen LogP contribution in [0.4, 0.5) is 15.8 Å². The number of ether oxygens (including phenoxy) is 2. The molecule has 0 fully saturated rings. The predicted molar refractivity (Wildman–Crippen MR) is 92.6 cm³/mol. The molecule has 0 unspecified atom stereocenters. The molecule has 26 heavy (non-hydrogen) atoms. The molecule has 0 saturated carbocycles. The van der Waals surface area contributed by atoms with Crippen LogP contribution in [0, 0.1) is 5.82 Å². The largest absolute Gasteiger partial charge is 0.465 e. The van der Waals surface area contributed by atoms with E-state index in [1.807, 2.05) is 0 Å². The molecule has 0 heterocycles. The van der Waals surface area contributed by atoms with Gasteiger partial charge < -0.3 is 20.1 Å². The third-order valence-corrected chi connectivity index (χ3v) is 3.36. The molecule has 0 aromatic heterocycles. The Labute approximate surface area is 149 Å². The highest BCUT2D eigenvalue weighted by Gasteiger charge is 2.15. The van der Waals surface area contributed by atoms with E-state index in [1.54, 1.807) is 0 Å². The maximum absolute atomic E-state index is 12.9. The van der Waals surface area contributed by atoms with Gasteiger partial charge in [-0.05, 0) is 42.5 Å². The summed E-state index contributed by atoms with van der Waals surface area (Å²) in [7, 11) is 2.41. The van der Waals surface area contributed by atoms with E-state index >= 15 is 0 Å². The van der Waals surface area contributed by atoms with E-state index in [-0.39, 0.29) is 29.2 Å². The number of carbonyl (C=O) groups is 3. The van der Waals surface area contributed by atoms with Gasteiger partial charge in [-0.15, -0.1) is 0 Å². The van der Waals surface area contributed by atoms with E-state index in [0.29, 0.717) is 5.69 Å². The zero-order valence-electron chi connectivity index (χ0n) is 14.2. The van der Waals surface area contributed by atoms with E-state index in [1.165, 1.54) is 56.7 Å². The number of amides is 1. The van der Waals surface area contributed by atoms with Crippen molar-refractivity contribution in [2.24, 2.45) is 0 Å². The Morgan fingerprint density at radius 2 is 1.42 bits per heavy atom. The van der Waals surface area contributed by atoms with Crippen LogP contribution in [0.1, 0.15) is 20.7 Å². The lowest BCUT2D eigenvalue weighted by atomic mass is 10.1. The number of hydrogen-bond donors (Lipinski definition) is 2. The Bertz CT molecular complexity index is 787. The molecule has 0 spiro atoms. The third kappa shape index (κ3) is 5.04. The van der Waals surface area contributed by atoms with Gasteiger partial charge >= 0.3 is 11.9 Å². The molecule has 2 aromatic rings. The van der Waals surface area contributed by atoms with E-state index in [0.717, 1.165) is 0 Å². The summed E-state index contributed by atoms with van der Waals surface area (Å²) in [4.78, 5) is 35.5. The molecular weight excluding hydrogens is 343 g/mol. The van der Waals surface area contributed by atoms with E-state index in [4.69, 9.17) is 0 Å². The molecule has 0 bridgehead atoms. The lowest BCUT2D eigenvalue weighted by Gasteiger charge is -2.10. The molecule has 2 N–H and O–H groups in total. The Morgan fingerprint density at radius 1 is 0.885 bits per heavy atom. The molecule has 0 atom stereocenters. The summed E-state index contributed by atoms with van der Waals surface area (Å²) in [5, 5.41) is 5.40. The number of nitrogens with one attached hydrogen (secondary N) is 2. The molecule has 0 aliphatic rings. The highest BCUT2D eigenvalue weighted by atomic mass is 19.1. The SMILES string of the molecule is COC(=O)c1cc(NC(=O)CNc2ccc(F)cc2)cc(C(=O)OC)c1. The first-order valence-corrected chi connectivity index (χ1v) is 7.54. The van der Waals surface area contributed by atoms with Crippen molar-refractivity contribution < 1.29 is 28.2 Å². The van der Waals surface area contributed by atoms with E-state index in [2.05, 4.69) is 20.1 Å². The summed E-state index contributed by atoms with van der Waals surface area (Å²) in [6.07, 6.45) is 0. The fourth-order valence-electron chi connectivity index (χ4n) is 2.13. The monoisotopic (exact) mass is 360 g/mol. The normalized spacial score (nSPS) is 9.96. The average molecular weight is 360 g/mol. The zero-order chi connectivity index (χ0) is 19.1. The molecule has 0 radical (unpaired) electrons. The molecule has 0 aliphatic heterocycles. The van der Waals surface area contributed by atoms with Gasteiger partial charge in [0, 0.05) is 11.4 Å². The molecule has 1 amide bonds. The quantitative estimate of drug-likeness (QED) is 0.769. The lowest BCUT2D eigenvalue weighted by Crippen LogP contribution is -2.22. The molecule has 0 aliphatic carbocycles. The van der Waals surface area contributed by atoms with E-state index in [9.17, 15) is 18.8 Å².